The van der Waals surface area contributed by atoms with E-state index in [1.165, 1.54) is 6.08 Å². The summed E-state index contributed by atoms with van der Waals surface area (Å²) in [4.78, 5) is 12.6. The fourth-order valence-corrected chi connectivity index (χ4v) is 4.27. The Kier molecular flexibility index (Phi) is 4.93. The number of carbonyl (C=O) groups is 1. The minimum atomic E-state index is -3.50. The number of hydrogen-bond donors (Lipinski definition) is 0. The van der Waals surface area contributed by atoms with Crippen LogP contribution in [0.25, 0.3) is 0 Å². The molecular weight excluding hydrogens is 375 g/mol. The molecule has 0 fully saturated rings. The van der Waals surface area contributed by atoms with Crippen LogP contribution < -0.4 is 0 Å². The van der Waals surface area contributed by atoms with Crippen molar-refractivity contribution < 1.29 is 17.3 Å². The Bertz CT molecular complexity index is 877. The molecule has 0 saturated heterocycles. The molecule has 0 unspecified atom stereocenters. The molecule has 120 valence electrons. The summed E-state index contributed by atoms with van der Waals surface area (Å²) in [5, 5.41) is 0. The molecule has 5 heteroatoms. The van der Waals surface area contributed by atoms with Gasteiger partial charge in [-0.3, -0.25) is 0 Å². The van der Waals surface area contributed by atoms with E-state index in [4.69, 9.17) is 4.11 Å². The number of allylic oxidation sites excluding steroid dienone is 1. The molecule has 0 radical (unpaired) electrons. The fraction of sp³-hybridized carbons (Fsp3) is 0.167. The molecule has 2 aromatic rings. The molecular formula is C18H18O3SSe. The van der Waals surface area contributed by atoms with Crippen molar-refractivity contribution in [2.75, 3.05) is 5.75 Å². The van der Waals surface area contributed by atoms with Gasteiger partial charge in [0.25, 0.3) is 0 Å². The van der Waals surface area contributed by atoms with E-state index in [-0.39, 0.29) is 16.0 Å². The summed E-state index contributed by atoms with van der Waals surface area (Å²) in [5.74, 6) is -3.26. The van der Waals surface area contributed by atoms with E-state index in [0.717, 1.165) is 0 Å². The number of carbonyl (C=O) groups excluding carboxylic acids is 1. The minimum absolute atomic E-state index is 0.0559. The van der Waals surface area contributed by atoms with Crippen LogP contribution in [0, 0.1) is 0 Å². The van der Waals surface area contributed by atoms with Crippen LogP contribution in [0.1, 0.15) is 20.0 Å². The molecule has 0 bridgehead atoms. The third-order valence-corrected chi connectivity index (χ3v) is 5.77. The van der Waals surface area contributed by atoms with Gasteiger partial charge in [-0.25, -0.2) is 0 Å². The molecule has 0 aliphatic heterocycles. The number of rotatable bonds is 7. The van der Waals surface area contributed by atoms with Crippen LogP contribution >= 0.6 is 0 Å². The summed E-state index contributed by atoms with van der Waals surface area (Å²) in [7, 11) is -3.50. The molecule has 23 heavy (non-hydrogen) atoms. The average molecular weight is 396 g/mol. The molecule has 0 heterocycles. The van der Waals surface area contributed by atoms with Gasteiger partial charge < -0.3 is 0 Å². The Labute approximate surface area is 147 Å². The van der Waals surface area contributed by atoms with E-state index in [1.54, 1.807) is 60.7 Å². The van der Waals surface area contributed by atoms with Gasteiger partial charge >= 0.3 is 147 Å². The van der Waals surface area contributed by atoms with Crippen molar-refractivity contribution in [3.8, 4) is 0 Å². The number of sulfone groups is 1. The van der Waals surface area contributed by atoms with Gasteiger partial charge in [-0.2, -0.15) is 0 Å². The molecule has 0 amide bonds. The zero-order valence-electron chi connectivity index (χ0n) is 15.3. The van der Waals surface area contributed by atoms with E-state index in [1.807, 2.05) is 0 Å². The first kappa shape index (κ1) is 13.7. The summed E-state index contributed by atoms with van der Waals surface area (Å²) in [6.07, 6.45) is 1.26. The van der Waals surface area contributed by atoms with E-state index in [9.17, 15) is 13.2 Å². The summed E-state index contributed by atoms with van der Waals surface area (Å²) in [6, 6.07) is 17.0. The Morgan fingerprint density at radius 3 is 2.30 bits per heavy atom. The van der Waals surface area contributed by atoms with Crippen LogP contribution in [0.2, 0.25) is 5.75 Å². The summed E-state index contributed by atoms with van der Waals surface area (Å²) in [5.41, 5.74) is 1.00. The second-order valence-electron chi connectivity index (χ2n) is 4.91. The maximum atomic E-state index is 12.6. The van der Waals surface area contributed by atoms with Gasteiger partial charge in [0.15, 0.2) is 0 Å². The molecule has 2 rings (SSSR count). The third kappa shape index (κ3) is 5.47. The Morgan fingerprint density at radius 1 is 1.09 bits per heavy atom. The van der Waals surface area contributed by atoms with Crippen LogP contribution in [0.15, 0.2) is 71.2 Å². The van der Waals surface area contributed by atoms with E-state index >= 15 is 0 Å². The molecule has 0 atom stereocenters. The monoisotopic (exact) mass is 397 g/mol. The van der Waals surface area contributed by atoms with Gasteiger partial charge in [0.1, 0.15) is 0 Å². The Morgan fingerprint density at radius 2 is 1.70 bits per heavy atom. The van der Waals surface area contributed by atoms with E-state index in [2.05, 4.69) is 0 Å². The predicted octanol–water partition coefficient (Wildman–Crippen LogP) is 3.12. The van der Waals surface area contributed by atoms with Crippen molar-refractivity contribution in [2.45, 2.75) is 11.5 Å². The van der Waals surface area contributed by atoms with E-state index in [0.29, 0.717) is 11.1 Å². The van der Waals surface area contributed by atoms with Gasteiger partial charge in [-0.15, -0.1) is 0 Å². The standard InChI is InChI=1S/C18H18O3SSe/c1-23-17(18(19)16-10-6-3-7-11-16)12-13-22(20,21)14-15-8-4-2-5-9-15/h2-12H,13-14H2,1H3/i1D3. The van der Waals surface area contributed by atoms with Crippen LogP contribution in [0.5, 0.6) is 0 Å². The molecule has 2 aromatic carbocycles. The second-order valence-corrected chi connectivity index (χ2v) is 8.37. The summed E-state index contributed by atoms with van der Waals surface area (Å²) >= 11 is -1.12. The van der Waals surface area contributed by atoms with Crippen molar-refractivity contribution in [1.82, 2.24) is 0 Å². The first-order chi connectivity index (χ1) is 12.2. The zero-order chi connectivity index (χ0) is 19.2. The quantitative estimate of drug-likeness (QED) is 0.411. The number of hydrogen-bond acceptors (Lipinski definition) is 3. The Hall–Kier alpha value is -1.68. The van der Waals surface area contributed by atoms with Crippen molar-refractivity contribution in [1.29, 1.82) is 0 Å². The van der Waals surface area contributed by atoms with Crippen LogP contribution in [0.4, 0.5) is 0 Å². The Balaban J connectivity index is 2.23. The van der Waals surface area contributed by atoms with Gasteiger partial charge in [-0.1, -0.05) is 0 Å². The summed E-state index contributed by atoms with van der Waals surface area (Å²) < 4.78 is 47.1. The number of benzene rings is 2. The van der Waals surface area contributed by atoms with Crippen molar-refractivity contribution >= 4 is 30.6 Å². The molecule has 0 spiro atoms. The van der Waals surface area contributed by atoms with Crippen LogP contribution in [-0.4, -0.2) is 34.9 Å². The number of Topliss-reactive ketones (excluding diaryl/α,β-unsaturated/α-hetero) is 1. The molecule has 0 N–H and O–H groups in total. The van der Waals surface area contributed by atoms with Crippen molar-refractivity contribution in [3.63, 3.8) is 0 Å². The molecule has 0 aliphatic rings. The van der Waals surface area contributed by atoms with Crippen LogP contribution in [0.3, 0.4) is 0 Å². The van der Waals surface area contributed by atoms with Gasteiger partial charge in [-0.05, 0) is 0 Å². The normalized spacial score (nSPS) is 14.6. The molecule has 0 aromatic heterocycles. The van der Waals surface area contributed by atoms with Crippen molar-refractivity contribution in [3.05, 3.63) is 82.3 Å². The summed E-state index contributed by atoms with van der Waals surface area (Å²) in [6.45, 7) is 0. The molecule has 3 nitrogen and oxygen atoms in total. The zero-order valence-corrected chi connectivity index (χ0v) is 14.8. The number of ketones is 1. The van der Waals surface area contributed by atoms with E-state index < -0.39 is 36.3 Å². The predicted molar refractivity (Wildman–Crippen MR) is 94.4 cm³/mol. The third-order valence-electron chi connectivity index (χ3n) is 3.12. The topological polar surface area (TPSA) is 51.2 Å². The maximum absolute atomic E-state index is 12.6. The first-order valence-corrected chi connectivity index (χ1v) is 10.4. The molecule has 0 aliphatic carbocycles. The fourth-order valence-electron chi connectivity index (χ4n) is 2.00. The average Bonchev–Trinajstić information content (AvgIpc) is 2.58. The van der Waals surface area contributed by atoms with Crippen LogP contribution in [-0.2, 0) is 15.6 Å². The SMILES string of the molecule is [2H]C([2H])([2H])[Se]C(=CCS(=O)(=O)Cc1ccccc1)C(=O)c1ccccc1. The molecule has 0 saturated carbocycles. The van der Waals surface area contributed by atoms with Crippen molar-refractivity contribution in [2.24, 2.45) is 0 Å². The second kappa shape index (κ2) is 8.25. The first-order valence-electron chi connectivity index (χ1n) is 8.39. The van der Waals surface area contributed by atoms with Gasteiger partial charge in [0.2, 0.25) is 0 Å². The van der Waals surface area contributed by atoms with Gasteiger partial charge in [0, 0.05) is 0 Å². The van der Waals surface area contributed by atoms with Gasteiger partial charge in [0.05, 0.1) is 0 Å².